The summed E-state index contributed by atoms with van der Waals surface area (Å²) in [7, 11) is 4.16. The molecular weight excluding hydrogens is 268 g/mol. The first kappa shape index (κ1) is 18.8. The molecule has 0 bridgehead atoms. The number of aliphatic hydroxyl groups is 1. The lowest BCUT2D eigenvalue weighted by molar-refractivity contribution is -0.0172. The Hall–Kier alpha value is -0.200. The molecule has 3 unspecified atom stereocenters. The number of nitrogens with one attached hydrogen (secondary N) is 1. The van der Waals surface area contributed by atoms with E-state index in [1.807, 2.05) is 0 Å². The van der Waals surface area contributed by atoms with Crippen molar-refractivity contribution < 1.29 is 14.6 Å². The van der Waals surface area contributed by atoms with Gasteiger partial charge in [-0.1, -0.05) is 13.8 Å². The van der Waals surface area contributed by atoms with Crippen LogP contribution in [0.4, 0.5) is 0 Å². The standard InChI is InChI=1S/C16H34N2O3/c1-13(2)8-14(10-18(3)4)17-9-15(19)11-20-12-16-6-5-7-21-16/h13-17,19H,5-12H2,1-4H3. The molecule has 1 aliphatic rings. The second-order valence-electron chi connectivity index (χ2n) is 6.82. The molecule has 0 aromatic heterocycles. The first-order valence-corrected chi connectivity index (χ1v) is 8.23. The smallest absolute Gasteiger partial charge is 0.0897 e. The van der Waals surface area contributed by atoms with Crippen LogP contribution < -0.4 is 5.32 Å². The molecule has 1 rings (SSSR count). The van der Waals surface area contributed by atoms with Crippen molar-refractivity contribution in [2.24, 2.45) is 5.92 Å². The van der Waals surface area contributed by atoms with Gasteiger partial charge in [-0.15, -0.1) is 0 Å². The fourth-order valence-electron chi connectivity index (χ4n) is 2.71. The van der Waals surface area contributed by atoms with Crippen molar-refractivity contribution in [3.8, 4) is 0 Å². The lowest BCUT2D eigenvalue weighted by Gasteiger charge is -2.25. The number of hydrogen-bond donors (Lipinski definition) is 2. The normalized spacial score (nSPS) is 22.1. The molecule has 126 valence electrons. The minimum atomic E-state index is -0.455. The Morgan fingerprint density at radius 1 is 1.38 bits per heavy atom. The van der Waals surface area contributed by atoms with Gasteiger partial charge in [0.15, 0.2) is 0 Å². The summed E-state index contributed by atoms with van der Waals surface area (Å²) in [5.74, 6) is 0.648. The van der Waals surface area contributed by atoms with Crippen LogP contribution in [0.2, 0.25) is 0 Å². The third-order valence-electron chi connectivity index (χ3n) is 3.62. The van der Waals surface area contributed by atoms with E-state index in [1.54, 1.807) is 0 Å². The maximum atomic E-state index is 10.00. The Bertz CT molecular complexity index is 246. The maximum Gasteiger partial charge on any atom is 0.0897 e. The molecule has 0 amide bonds. The average Bonchev–Trinajstić information content (AvgIpc) is 2.88. The molecule has 1 heterocycles. The summed E-state index contributed by atoms with van der Waals surface area (Å²) < 4.78 is 11.0. The second kappa shape index (κ2) is 10.5. The van der Waals surface area contributed by atoms with Gasteiger partial charge in [0.1, 0.15) is 0 Å². The zero-order valence-corrected chi connectivity index (χ0v) is 14.2. The van der Waals surface area contributed by atoms with Gasteiger partial charge in [0.05, 0.1) is 25.4 Å². The lowest BCUT2D eigenvalue weighted by atomic mass is 10.0. The molecule has 0 spiro atoms. The van der Waals surface area contributed by atoms with Crippen LogP contribution in [0.5, 0.6) is 0 Å². The van der Waals surface area contributed by atoms with Crippen molar-refractivity contribution in [2.75, 3.05) is 47.0 Å². The molecule has 3 atom stereocenters. The van der Waals surface area contributed by atoms with Crippen LogP contribution in [-0.4, -0.2) is 75.3 Å². The van der Waals surface area contributed by atoms with E-state index in [1.165, 1.54) is 0 Å². The molecular formula is C16H34N2O3. The molecule has 0 radical (unpaired) electrons. The monoisotopic (exact) mass is 302 g/mol. The third-order valence-corrected chi connectivity index (χ3v) is 3.62. The largest absolute Gasteiger partial charge is 0.389 e. The van der Waals surface area contributed by atoms with Crippen LogP contribution >= 0.6 is 0 Å². The lowest BCUT2D eigenvalue weighted by Crippen LogP contribution is -2.43. The quantitative estimate of drug-likeness (QED) is 0.599. The summed E-state index contributed by atoms with van der Waals surface area (Å²) in [6.45, 7) is 7.85. The molecule has 1 aliphatic heterocycles. The molecule has 5 nitrogen and oxygen atoms in total. The van der Waals surface area contributed by atoms with E-state index in [2.05, 4.69) is 38.2 Å². The van der Waals surface area contributed by atoms with Gasteiger partial charge in [0.2, 0.25) is 0 Å². The van der Waals surface area contributed by atoms with Gasteiger partial charge < -0.3 is 24.8 Å². The van der Waals surface area contributed by atoms with Gasteiger partial charge in [-0.2, -0.15) is 0 Å². The molecule has 0 aromatic carbocycles. The SMILES string of the molecule is CC(C)CC(CN(C)C)NCC(O)COCC1CCCO1. The molecule has 0 aliphatic carbocycles. The zero-order valence-electron chi connectivity index (χ0n) is 14.2. The topological polar surface area (TPSA) is 54.0 Å². The van der Waals surface area contributed by atoms with Crippen molar-refractivity contribution in [2.45, 2.75) is 51.4 Å². The Morgan fingerprint density at radius 2 is 2.14 bits per heavy atom. The van der Waals surface area contributed by atoms with Crippen LogP contribution in [0.25, 0.3) is 0 Å². The Morgan fingerprint density at radius 3 is 2.71 bits per heavy atom. The van der Waals surface area contributed by atoms with Gasteiger partial charge in [-0.25, -0.2) is 0 Å². The minimum absolute atomic E-state index is 0.229. The minimum Gasteiger partial charge on any atom is -0.389 e. The zero-order chi connectivity index (χ0) is 15.7. The highest BCUT2D eigenvalue weighted by atomic mass is 16.5. The molecule has 0 saturated carbocycles. The molecule has 5 heteroatoms. The summed E-state index contributed by atoms with van der Waals surface area (Å²) in [5.41, 5.74) is 0. The van der Waals surface area contributed by atoms with Gasteiger partial charge >= 0.3 is 0 Å². The summed E-state index contributed by atoms with van der Waals surface area (Å²) >= 11 is 0. The molecule has 21 heavy (non-hydrogen) atoms. The average molecular weight is 302 g/mol. The fourth-order valence-corrected chi connectivity index (χ4v) is 2.71. The van der Waals surface area contributed by atoms with E-state index in [0.29, 0.717) is 31.7 Å². The summed E-state index contributed by atoms with van der Waals surface area (Å²) in [6, 6.07) is 0.410. The fraction of sp³-hybridized carbons (Fsp3) is 1.00. The first-order valence-electron chi connectivity index (χ1n) is 8.23. The second-order valence-corrected chi connectivity index (χ2v) is 6.82. The Balaban J connectivity index is 2.13. The summed E-state index contributed by atoms with van der Waals surface area (Å²) in [6.07, 6.45) is 3.09. The van der Waals surface area contributed by atoms with Crippen molar-refractivity contribution in [3.63, 3.8) is 0 Å². The van der Waals surface area contributed by atoms with E-state index < -0.39 is 6.10 Å². The first-order chi connectivity index (χ1) is 9.97. The number of aliphatic hydroxyl groups excluding tert-OH is 1. The van der Waals surface area contributed by atoms with E-state index in [9.17, 15) is 5.11 Å². The van der Waals surface area contributed by atoms with Gasteiger partial charge in [-0.3, -0.25) is 0 Å². The molecule has 1 fully saturated rings. The maximum absolute atomic E-state index is 10.00. The number of ether oxygens (including phenoxy) is 2. The molecule has 2 N–H and O–H groups in total. The van der Waals surface area contributed by atoms with Crippen molar-refractivity contribution >= 4 is 0 Å². The van der Waals surface area contributed by atoms with Gasteiger partial charge in [0.25, 0.3) is 0 Å². The van der Waals surface area contributed by atoms with Gasteiger partial charge in [-0.05, 0) is 39.3 Å². The van der Waals surface area contributed by atoms with Crippen molar-refractivity contribution in [1.82, 2.24) is 10.2 Å². The van der Waals surface area contributed by atoms with E-state index >= 15 is 0 Å². The Kier molecular flexibility index (Phi) is 9.44. The molecule has 0 aromatic rings. The van der Waals surface area contributed by atoms with E-state index in [-0.39, 0.29) is 6.10 Å². The van der Waals surface area contributed by atoms with Crippen molar-refractivity contribution in [1.29, 1.82) is 0 Å². The highest BCUT2D eigenvalue weighted by Crippen LogP contribution is 2.12. The van der Waals surface area contributed by atoms with Crippen LogP contribution in [0.1, 0.15) is 33.1 Å². The van der Waals surface area contributed by atoms with Crippen LogP contribution in [0.3, 0.4) is 0 Å². The van der Waals surface area contributed by atoms with Crippen LogP contribution in [0.15, 0.2) is 0 Å². The van der Waals surface area contributed by atoms with Crippen molar-refractivity contribution in [3.05, 3.63) is 0 Å². The summed E-state index contributed by atoms with van der Waals surface area (Å²) in [5, 5.41) is 13.5. The van der Waals surface area contributed by atoms with E-state index in [0.717, 1.165) is 32.4 Å². The summed E-state index contributed by atoms with van der Waals surface area (Å²) in [4.78, 5) is 2.18. The Labute approximate surface area is 130 Å². The predicted octanol–water partition coefficient (Wildman–Crippen LogP) is 1.11. The highest BCUT2D eigenvalue weighted by molar-refractivity contribution is 4.73. The number of hydrogen-bond acceptors (Lipinski definition) is 5. The number of nitrogens with zero attached hydrogens (tertiary/aromatic N) is 1. The molecule has 1 saturated heterocycles. The van der Waals surface area contributed by atoms with Gasteiger partial charge in [0, 0.05) is 25.7 Å². The number of rotatable bonds is 11. The highest BCUT2D eigenvalue weighted by Gasteiger charge is 2.17. The van der Waals surface area contributed by atoms with Crippen LogP contribution in [-0.2, 0) is 9.47 Å². The van der Waals surface area contributed by atoms with E-state index in [4.69, 9.17) is 9.47 Å². The number of likely N-dealkylation sites (N-methyl/N-ethyl adjacent to an activating group) is 1. The third kappa shape index (κ3) is 9.42. The predicted molar refractivity (Wildman–Crippen MR) is 85.6 cm³/mol. The van der Waals surface area contributed by atoms with Crippen LogP contribution in [0, 0.1) is 5.92 Å².